The predicted octanol–water partition coefficient (Wildman–Crippen LogP) is 4.43. The van der Waals surface area contributed by atoms with Gasteiger partial charge in [-0.2, -0.15) is 0 Å². The molecule has 3 aromatic carbocycles. The van der Waals surface area contributed by atoms with Crippen LogP contribution in [0.2, 0.25) is 0 Å². The van der Waals surface area contributed by atoms with E-state index in [1.54, 1.807) is 0 Å². The van der Waals surface area contributed by atoms with Gasteiger partial charge in [-0.25, -0.2) is 4.99 Å². The molecule has 1 atom stereocenters. The average Bonchev–Trinajstić information content (AvgIpc) is 3.36. The fourth-order valence-electron chi connectivity index (χ4n) is 3.94. The van der Waals surface area contributed by atoms with Crippen LogP contribution in [0.3, 0.4) is 0 Å². The highest BCUT2D eigenvalue weighted by atomic mass is 16.5. The van der Waals surface area contributed by atoms with E-state index in [0.717, 1.165) is 17.5 Å². The van der Waals surface area contributed by atoms with Crippen LogP contribution in [0.4, 0.5) is 0 Å². The van der Waals surface area contributed by atoms with Gasteiger partial charge in [-0.3, -0.25) is 4.79 Å². The van der Waals surface area contributed by atoms with Crippen LogP contribution in [0, 0.1) is 0 Å². The summed E-state index contributed by atoms with van der Waals surface area (Å²) in [4.78, 5) is 18.2. The number of aliphatic hydroxyl groups excluding tert-OH is 1. The number of nitrogens with one attached hydrogen (secondary N) is 1. The third kappa shape index (κ3) is 6.83. The number of aliphatic hydroxyl groups is 1. The molecule has 0 saturated carbocycles. The molecule has 1 heterocycles. The van der Waals surface area contributed by atoms with Gasteiger partial charge in [-0.1, -0.05) is 72.8 Å². The van der Waals surface area contributed by atoms with E-state index in [9.17, 15) is 4.79 Å². The summed E-state index contributed by atoms with van der Waals surface area (Å²) in [7, 11) is 0. The minimum atomic E-state index is -1.03. The highest BCUT2D eigenvalue weighted by Gasteiger charge is 2.43. The topological polar surface area (TPSA) is 80.2 Å². The maximum atomic E-state index is 13.4. The molecule has 186 valence electrons. The number of hydrogen-bond donors (Lipinski definition) is 2. The first-order valence-corrected chi connectivity index (χ1v) is 12.3. The fourth-order valence-corrected chi connectivity index (χ4v) is 3.94. The zero-order chi connectivity index (χ0) is 25.1. The SMILES string of the molecule is O=C(NCCc1ccccc1)[C@@]1(C/C=C/c2ccccc2)COC(c2ccc(OCCCO)cc2)=N1. The summed E-state index contributed by atoms with van der Waals surface area (Å²) in [6, 6.07) is 27.5. The molecule has 6 heteroatoms. The Hall–Kier alpha value is -3.90. The van der Waals surface area contributed by atoms with Crippen LogP contribution in [-0.2, 0) is 16.0 Å². The monoisotopic (exact) mass is 484 g/mol. The van der Waals surface area contributed by atoms with E-state index in [0.29, 0.717) is 37.6 Å². The molecule has 2 N–H and O–H groups in total. The van der Waals surface area contributed by atoms with Gasteiger partial charge in [0, 0.05) is 31.6 Å². The zero-order valence-corrected chi connectivity index (χ0v) is 20.3. The van der Waals surface area contributed by atoms with Gasteiger partial charge in [-0.15, -0.1) is 0 Å². The van der Waals surface area contributed by atoms with E-state index in [4.69, 9.17) is 19.6 Å². The fraction of sp³-hybridized carbons (Fsp3) is 0.267. The molecule has 0 saturated heterocycles. The number of hydrogen-bond acceptors (Lipinski definition) is 5. The molecule has 36 heavy (non-hydrogen) atoms. The van der Waals surface area contributed by atoms with Crippen LogP contribution >= 0.6 is 0 Å². The van der Waals surface area contributed by atoms with E-state index >= 15 is 0 Å². The first-order valence-electron chi connectivity index (χ1n) is 12.3. The highest BCUT2D eigenvalue weighted by molar-refractivity contribution is 6.00. The van der Waals surface area contributed by atoms with Crippen molar-refractivity contribution >= 4 is 17.9 Å². The van der Waals surface area contributed by atoms with Crippen molar-refractivity contribution in [1.82, 2.24) is 5.32 Å². The van der Waals surface area contributed by atoms with Gasteiger partial charge in [0.1, 0.15) is 12.4 Å². The van der Waals surface area contributed by atoms with Crippen LogP contribution in [-0.4, -0.2) is 48.8 Å². The molecule has 1 aliphatic rings. The highest BCUT2D eigenvalue weighted by Crippen LogP contribution is 2.28. The Morgan fingerprint density at radius 2 is 1.75 bits per heavy atom. The second-order valence-corrected chi connectivity index (χ2v) is 8.70. The van der Waals surface area contributed by atoms with Gasteiger partial charge in [-0.05, 0) is 41.8 Å². The maximum Gasteiger partial charge on any atom is 0.251 e. The van der Waals surface area contributed by atoms with Crippen LogP contribution in [0.1, 0.15) is 29.5 Å². The molecule has 6 nitrogen and oxygen atoms in total. The Kier molecular flexibility index (Phi) is 8.89. The minimum Gasteiger partial charge on any atom is -0.494 e. The molecule has 1 aliphatic heterocycles. The molecule has 0 bridgehead atoms. The lowest BCUT2D eigenvalue weighted by molar-refractivity contribution is -0.126. The Morgan fingerprint density at radius 1 is 1.03 bits per heavy atom. The van der Waals surface area contributed by atoms with Crippen molar-refractivity contribution in [3.63, 3.8) is 0 Å². The minimum absolute atomic E-state index is 0.0942. The smallest absolute Gasteiger partial charge is 0.251 e. The number of aliphatic imine (C=N–C) groups is 1. The lowest BCUT2D eigenvalue weighted by atomic mass is 9.95. The van der Waals surface area contributed by atoms with Gasteiger partial charge in [0.25, 0.3) is 5.91 Å². The van der Waals surface area contributed by atoms with E-state index in [1.165, 1.54) is 5.56 Å². The lowest BCUT2D eigenvalue weighted by Gasteiger charge is -2.21. The van der Waals surface area contributed by atoms with Crippen molar-refractivity contribution in [1.29, 1.82) is 0 Å². The lowest BCUT2D eigenvalue weighted by Crippen LogP contribution is -2.47. The quantitative estimate of drug-likeness (QED) is 0.373. The number of ether oxygens (including phenoxy) is 2. The number of carbonyl (C=O) groups excluding carboxylic acids is 1. The molecule has 0 aliphatic carbocycles. The van der Waals surface area contributed by atoms with Crippen molar-refractivity contribution in [2.24, 2.45) is 4.99 Å². The van der Waals surface area contributed by atoms with Crippen LogP contribution < -0.4 is 10.1 Å². The molecular formula is C30H32N2O4. The molecule has 1 amide bonds. The number of rotatable bonds is 12. The van der Waals surface area contributed by atoms with Crippen LogP contribution in [0.15, 0.2) is 96.0 Å². The largest absolute Gasteiger partial charge is 0.494 e. The van der Waals surface area contributed by atoms with E-state index in [1.807, 2.05) is 84.9 Å². The summed E-state index contributed by atoms with van der Waals surface area (Å²) < 4.78 is 11.6. The van der Waals surface area contributed by atoms with E-state index in [-0.39, 0.29) is 19.1 Å². The maximum absolute atomic E-state index is 13.4. The first-order chi connectivity index (χ1) is 17.7. The van der Waals surface area contributed by atoms with Crippen LogP contribution in [0.5, 0.6) is 5.75 Å². The Balaban J connectivity index is 1.48. The molecule has 0 aromatic heterocycles. The molecule has 3 aromatic rings. The van der Waals surface area contributed by atoms with Gasteiger partial charge in [0.2, 0.25) is 5.90 Å². The Labute approximate surface area is 212 Å². The summed E-state index contributed by atoms with van der Waals surface area (Å²) >= 11 is 0. The summed E-state index contributed by atoms with van der Waals surface area (Å²) in [6.07, 6.45) is 5.74. The third-order valence-corrected chi connectivity index (χ3v) is 5.97. The van der Waals surface area contributed by atoms with Gasteiger partial charge < -0.3 is 19.9 Å². The Morgan fingerprint density at radius 3 is 2.47 bits per heavy atom. The zero-order valence-electron chi connectivity index (χ0n) is 20.3. The van der Waals surface area contributed by atoms with Crippen molar-refractivity contribution in [3.8, 4) is 5.75 Å². The standard InChI is InChI=1S/C30H32N2O4/c33-21-8-22-35-27-16-14-26(15-17-27)28-32-30(23-36-28,19-7-13-24-9-3-1-4-10-24)29(34)31-20-18-25-11-5-2-6-12-25/h1-7,9-17,33H,8,18-23H2,(H,31,34)/b13-7+/t30-/m1/s1. The number of carbonyl (C=O) groups is 1. The van der Waals surface area contributed by atoms with Crippen molar-refractivity contribution in [2.75, 3.05) is 26.4 Å². The molecule has 0 radical (unpaired) electrons. The normalized spacial score (nSPS) is 17.0. The number of amides is 1. The summed E-state index contributed by atoms with van der Waals surface area (Å²) in [6.45, 7) is 1.25. The summed E-state index contributed by atoms with van der Waals surface area (Å²) in [5.41, 5.74) is 1.99. The van der Waals surface area contributed by atoms with Crippen molar-refractivity contribution < 1.29 is 19.4 Å². The van der Waals surface area contributed by atoms with Gasteiger partial charge in [0.15, 0.2) is 5.54 Å². The Bertz CT molecular complexity index is 1160. The second-order valence-electron chi connectivity index (χ2n) is 8.70. The van der Waals surface area contributed by atoms with Gasteiger partial charge in [0.05, 0.1) is 6.61 Å². The molecule has 4 rings (SSSR count). The molecular weight excluding hydrogens is 452 g/mol. The predicted molar refractivity (Wildman–Crippen MR) is 142 cm³/mol. The van der Waals surface area contributed by atoms with E-state index < -0.39 is 5.54 Å². The number of benzene rings is 3. The first kappa shape index (κ1) is 25.2. The van der Waals surface area contributed by atoms with Crippen molar-refractivity contribution in [2.45, 2.75) is 24.8 Å². The van der Waals surface area contributed by atoms with Crippen molar-refractivity contribution in [3.05, 3.63) is 108 Å². The average molecular weight is 485 g/mol. The summed E-state index contributed by atoms with van der Waals surface area (Å²) in [5.74, 6) is 1.01. The second kappa shape index (κ2) is 12.7. The van der Waals surface area contributed by atoms with Crippen LogP contribution in [0.25, 0.3) is 6.08 Å². The summed E-state index contributed by atoms with van der Waals surface area (Å²) in [5, 5.41) is 12.0. The third-order valence-electron chi connectivity index (χ3n) is 5.97. The van der Waals surface area contributed by atoms with E-state index in [2.05, 4.69) is 17.4 Å². The molecule has 0 spiro atoms. The number of nitrogens with zero attached hydrogens (tertiary/aromatic N) is 1. The van der Waals surface area contributed by atoms with Gasteiger partial charge >= 0.3 is 0 Å². The molecule has 0 fully saturated rings. The molecule has 0 unspecified atom stereocenters.